The molecule has 3 nitrogen and oxygen atoms in total. The third-order valence-corrected chi connectivity index (χ3v) is 2.00. The van der Waals surface area contributed by atoms with Gasteiger partial charge in [0, 0.05) is 14.2 Å². The number of ether oxygens (including phenoxy) is 2. The van der Waals surface area contributed by atoms with E-state index in [-0.39, 0.29) is 0 Å². The normalized spacial score (nSPS) is 11.8. The predicted molar refractivity (Wildman–Crippen MR) is 51.4 cm³/mol. The molecule has 0 aliphatic carbocycles. The molecular formula is C8H18O3Si. The van der Waals surface area contributed by atoms with Crippen molar-refractivity contribution in [3.05, 3.63) is 12.3 Å². The Kier molecular flexibility index (Phi) is 4.52. The number of hydrogen-bond donors (Lipinski definition) is 0. The molecule has 0 atom stereocenters. The van der Waals surface area contributed by atoms with Crippen LogP contribution in [0.3, 0.4) is 0 Å². The van der Waals surface area contributed by atoms with Crippen molar-refractivity contribution in [1.29, 1.82) is 0 Å². The van der Waals surface area contributed by atoms with Crippen LogP contribution in [-0.4, -0.2) is 28.8 Å². The molecule has 0 radical (unpaired) electrons. The third kappa shape index (κ3) is 4.53. The largest absolute Gasteiger partial charge is 0.544 e. The highest BCUT2D eigenvalue weighted by molar-refractivity contribution is 6.70. The van der Waals surface area contributed by atoms with Gasteiger partial charge in [0.15, 0.2) is 0 Å². The van der Waals surface area contributed by atoms with Crippen LogP contribution >= 0.6 is 0 Å². The Morgan fingerprint density at radius 3 is 1.83 bits per heavy atom. The van der Waals surface area contributed by atoms with Crippen LogP contribution in [0, 0.1) is 0 Å². The first-order valence-electron chi connectivity index (χ1n) is 3.84. The molecule has 0 heterocycles. The average molecular weight is 190 g/mol. The summed E-state index contributed by atoms with van der Waals surface area (Å²) in [6, 6.07) is 0. The van der Waals surface area contributed by atoms with E-state index >= 15 is 0 Å². The van der Waals surface area contributed by atoms with Crippen molar-refractivity contribution in [3.63, 3.8) is 0 Å². The standard InChI is InChI=1S/C8H18O3Si/c1-7(8(9-2)10-3)11-12(4,5)6/h8H,1H2,2-6H3. The highest BCUT2D eigenvalue weighted by Gasteiger charge is 2.21. The molecule has 72 valence electrons. The Labute approximate surface area is 75.4 Å². The molecule has 0 saturated carbocycles. The second-order valence-electron chi connectivity index (χ2n) is 3.48. The maximum absolute atomic E-state index is 5.58. The monoisotopic (exact) mass is 190 g/mol. The minimum Gasteiger partial charge on any atom is -0.544 e. The molecular weight excluding hydrogens is 172 g/mol. The van der Waals surface area contributed by atoms with Gasteiger partial charge in [-0.3, -0.25) is 0 Å². The van der Waals surface area contributed by atoms with Gasteiger partial charge in [0.25, 0.3) is 0 Å². The Morgan fingerprint density at radius 1 is 1.17 bits per heavy atom. The Bertz CT molecular complexity index is 147. The Morgan fingerprint density at radius 2 is 1.58 bits per heavy atom. The van der Waals surface area contributed by atoms with Crippen LogP contribution in [0.25, 0.3) is 0 Å². The summed E-state index contributed by atoms with van der Waals surface area (Å²) < 4.78 is 15.5. The van der Waals surface area contributed by atoms with Gasteiger partial charge in [0.2, 0.25) is 14.6 Å². The van der Waals surface area contributed by atoms with E-state index in [9.17, 15) is 0 Å². The van der Waals surface area contributed by atoms with Crippen molar-refractivity contribution in [2.45, 2.75) is 25.9 Å². The second kappa shape index (κ2) is 4.64. The van der Waals surface area contributed by atoms with Crippen molar-refractivity contribution in [1.82, 2.24) is 0 Å². The van der Waals surface area contributed by atoms with Crippen LogP contribution in [0.1, 0.15) is 0 Å². The van der Waals surface area contributed by atoms with Crippen molar-refractivity contribution >= 4 is 8.32 Å². The van der Waals surface area contributed by atoms with Crippen LogP contribution in [0.2, 0.25) is 19.6 Å². The molecule has 0 aromatic carbocycles. The van der Waals surface area contributed by atoms with Gasteiger partial charge in [-0.25, -0.2) is 0 Å². The van der Waals surface area contributed by atoms with Gasteiger partial charge in [0.05, 0.1) is 0 Å². The molecule has 0 N–H and O–H groups in total. The zero-order valence-corrected chi connectivity index (χ0v) is 9.51. The first-order valence-corrected chi connectivity index (χ1v) is 7.25. The average Bonchev–Trinajstić information content (AvgIpc) is 1.85. The summed E-state index contributed by atoms with van der Waals surface area (Å²) in [5.41, 5.74) is 0. The maximum Gasteiger partial charge on any atom is 0.241 e. The number of hydrogen-bond acceptors (Lipinski definition) is 3. The van der Waals surface area contributed by atoms with Gasteiger partial charge in [0.1, 0.15) is 5.76 Å². The highest BCUT2D eigenvalue weighted by Crippen LogP contribution is 2.13. The highest BCUT2D eigenvalue weighted by atomic mass is 28.4. The minimum atomic E-state index is -1.58. The summed E-state index contributed by atoms with van der Waals surface area (Å²) in [5, 5.41) is 0. The van der Waals surface area contributed by atoms with E-state index in [0.29, 0.717) is 5.76 Å². The SMILES string of the molecule is C=C(O[Si](C)(C)C)C(OC)OC. The lowest BCUT2D eigenvalue weighted by molar-refractivity contribution is -0.0935. The van der Waals surface area contributed by atoms with E-state index in [2.05, 4.69) is 26.2 Å². The lowest BCUT2D eigenvalue weighted by atomic mass is 10.5. The first kappa shape index (κ1) is 11.7. The van der Waals surface area contributed by atoms with Crippen LogP contribution in [0.15, 0.2) is 12.3 Å². The summed E-state index contributed by atoms with van der Waals surface area (Å²) in [5.74, 6) is 0.555. The van der Waals surface area contributed by atoms with Crippen LogP contribution in [-0.2, 0) is 13.9 Å². The summed E-state index contributed by atoms with van der Waals surface area (Å²) in [4.78, 5) is 0. The van der Waals surface area contributed by atoms with Crippen LogP contribution in [0.4, 0.5) is 0 Å². The molecule has 4 heteroatoms. The smallest absolute Gasteiger partial charge is 0.241 e. The van der Waals surface area contributed by atoms with E-state index < -0.39 is 14.6 Å². The Hall–Kier alpha value is -0.323. The maximum atomic E-state index is 5.58. The summed E-state index contributed by atoms with van der Waals surface area (Å²) in [7, 11) is 1.55. The summed E-state index contributed by atoms with van der Waals surface area (Å²) in [6.45, 7) is 10.00. The van der Waals surface area contributed by atoms with E-state index in [1.807, 2.05) is 0 Å². The van der Waals surface area contributed by atoms with Gasteiger partial charge in [-0.05, 0) is 19.6 Å². The molecule has 0 aromatic rings. The molecule has 0 fully saturated rings. The molecule has 0 aromatic heterocycles. The molecule has 0 rings (SSSR count). The predicted octanol–water partition coefficient (Wildman–Crippen LogP) is 1.97. The quantitative estimate of drug-likeness (QED) is 0.377. The lowest BCUT2D eigenvalue weighted by Gasteiger charge is -2.24. The molecule has 0 amide bonds. The van der Waals surface area contributed by atoms with Gasteiger partial charge in [-0.1, -0.05) is 6.58 Å². The van der Waals surface area contributed by atoms with E-state index in [1.165, 1.54) is 0 Å². The molecule has 0 spiro atoms. The topological polar surface area (TPSA) is 27.7 Å². The summed E-state index contributed by atoms with van der Waals surface area (Å²) in [6.07, 6.45) is -0.447. The number of rotatable bonds is 5. The molecule has 12 heavy (non-hydrogen) atoms. The zero-order valence-electron chi connectivity index (χ0n) is 8.51. The van der Waals surface area contributed by atoms with Gasteiger partial charge >= 0.3 is 0 Å². The molecule has 0 unspecified atom stereocenters. The molecule has 0 bridgehead atoms. The zero-order chi connectivity index (χ0) is 9.78. The van der Waals surface area contributed by atoms with Crippen LogP contribution in [0.5, 0.6) is 0 Å². The van der Waals surface area contributed by atoms with Gasteiger partial charge in [-0.15, -0.1) is 0 Å². The van der Waals surface area contributed by atoms with Crippen LogP contribution < -0.4 is 0 Å². The van der Waals surface area contributed by atoms with Crippen molar-refractivity contribution in [2.24, 2.45) is 0 Å². The number of methoxy groups -OCH3 is 2. The summed E-state index contributed by atoms with van der Waals surface area (Å²) >= 11 is 0. The Balaban J connectivity index is 4.02. The fraction of sp³-hybridized carbons (Fsp3) is 0.750. The molecule has 0 saturated heterocycles. The molecule has 0 aliphatic heterocycles. The van der Waals surface area contributed by atoms with E-state index in [1.54, 1.807) is 14.2 Å². The fourth-order valence-electron chi connectivity index (χ4n) is 0.801. The third-order valence-electron chi connectivity index (χ3n) is 1.13. The van der Waals surface area contributed by atoms with Gasteiger partial charge in [-0.2, -0.15) is 0 Å². The first-order chi connectivity index (χ1) is 5.40. The van der Waals surface area contributed by atoms with Crippen molar-refractivity contribution in [3.8, 4) is 0 Å². The molecule has 0 aliphatic rings. The lowest BCUT2D eigenvalue weighted by Crippen LogP contribution is -2.29. The van der Waals surface area contributed by atoms with Crippen molar-refractivity contribution < 1.29 is 13.9 Å². The fourth-order valence-corrected chi connectivity index (χ4v) is 1.68. The van der Waals surface area contributed by atoms with Crippen molar-refractivity contribution in [2.75, 3.05) is 14.2 Å². The minimum absolute atomic E-state index is 0.447. The van der Waals surface area contributed by atoms with Gasteiger partial charge < -0.3 is 13.9 Å². The van der Waals surface area contributed by atoms with E-state index in [4.69, 9.17) is 13.9 Å². The van der Waals surface area contributed by atoms with E-state index in [0.717, 1.165) is 0 Å². The second-order valence-corrected chi connectivity index (χ2v) is 7.91.